The van der Waals surface area contributed by atoms with Crippen LogP contribution in [0.2, 0.25) is 0 Å². The van der Waals surface area contributed by atoms with Crippen molar-refractivity contribution >= 4 is 11.9 Å². The lowest BCUT2D eigenvalue weighted by molar-refractivity contribution is -0.136. The summed E-state index contributed by atoms with van der Waals surface area (Å²) in [5.74, 6) is -0.290. The third kappa shape index (κ3) is 3.51. The first-order valence-electron chi connectivity index (χ1n) is 6.61. The number of esters is 1. The van der Waals surface area contributed by atoms with Gasteiger partial charge >= 0.3 is 5.97 Å². The van der Waals surface area contributed by atoms with Gasteiger partial charge in [0, 0.05) is 0 Å². The highest BCUT2D eigenvalue weighted by Gasteiger charge is 2.21. The Balaban J connectivity index is 2.01. The van der Waals surface area contributed by atoms with E-state index in [1.54, 1.807) is 13.0 Å². The van der Waals surface area contributed by atoms with Crippen molar-refractivity contribution in [3.8, 4) is 5.75 Å². The van der Waals surface area contributed by atoms with Gasteiger partial charge in [-0.15, -0.1) is 0 Å². The lowest BCUT2D eigenvalue weighted by Crippen LogP contribution is -2.40. The molecule has 1 heterocycles. The molecule has 0 saturated heterocycles. The zero-order valence-corrected chi connectivity index (χ0v) is 12.2. The maximum absolute atomic E-state index is 12.1. The number of carbonyl (C=O) groups excluding carboxylic acids is 2. The zero-order chi connectivity index (χ0) is 15.4. The number of carbonyl (C=O) groups is 2. The molecule has 2 aromatic rings. The number of para-hydroxylation sites is 1. The standard InChI is InChI=1S/C16H17NO4/c1-10-6-4-7-11(2)14(10)21-16(19)12(3)17-15(18)13-8-5-9-20-13/h4-9,12H,1-3H3,(H,17,18)/t12-/m0/s1. The van der Waals surface area contributed by atoms with E-state index in [0.29, 0.717) is 5.75 Å². The molecular formula is C16H17NO4. The molecule has 5 heteroatoms. The molecule has 0 unspecified atom stereocenters. The van der Waals surface area contributed by atoms with Crippen LogP contribution in [-0.2, 0) is 4.79 Å². The Morgan fingerprint density at radius 3 is 2.38 bits per heavy atom. The quantitative estimate of drug-likeness (QED) is 0.693. The summed E-state index contributed by atoms with van der Waals surface area (Å²) >= 11 is 0. The summed E-state index contributed by atoms with van der Waals surface area (Å²) in [5.41, 5.74) is 1.74. The molecule has 1 aromatic heterocycles. The van der Waals surface area contributed by atoms with Gasteiger partial charge in [0.05, 0.1) is 6.26 Å². The molecule has 0 spiro atoms. The van der Waals surface area contributed by atoms with Gasteiger partial charge in [-0.2, -0.15) is 0 Å². The highest BCUT2D eigenvalue weighted by atomic mass is 16.5. The van der Waals surface area contributed by atoms with Crippen LogP contribution in [0.5, 0.6) is 5.75 Å². The summed E-state index contributed by atoms with van der Waals surface area (Å²) in [4.78, 5) is 23.8. The molecule has 0 saturated carbocycles. The second-order valence-corrected chi connectivity index (χ2v) is 4.81. The summed E-state index contributed by atoms with van der Waals surface area (Å²) in [6.07, 6.45) is 1.40. The largest absolute Gasteiger partial charge is 0.459 e. The predicted molar refractivity (Wildman–Crippen MR) is 77.2 cm³/mol. The van der Waals surface area contributed by atoms with E-state index in [-0.39, 0.29) is 5.76 Å². The Hall–Kier alpha value is -2.56. The van der Waals surface area contributed by atoms with Crippen LogP contribution in [0.3, 0.4) is 0 Å². The number of nitrogens with one attached hydrogen (secondary N) is 1. The topological polar surface area (TPSA) is 68.5 Å². The van der Waals surface area contributed by atoms with E-state index in [2.05, 4.69) is 5.32 Å². The summed E-state index contributed by atoms with van der Waals surface area (Å²) in [6.45, 7) is 5.29. The number of benzene rings is 1. The monoisotopic (exact) mass is 287 g/mol. The Labute approximate surface area is 122 Å². The molecule has 0 aliphatic carbocycles. The molecule has 110 valence electrons. The molecular weight excluding hydrogens is 270 g/mol. The second kappa shape index (κ2) is 6.26. The van der Waals surface area contributed by atoms with Crippen LogP contribution in [0.4, 0.5) is 0 Å². The van der Waals surface area contributed by atoms with Crippen molar-refractivity contribution in [2.24, 2.45) is 0 Å². The van der Waals surface area contributed by atoms with E-state index < -0.39 is 17.9 Å². The fraction of sp³-hybridized carbons (Fsp3) is 0.250. The van der Waals surface area contributed by atoms with Gasteiger partial charge in [0.15, 0.2) is 5.76 Å². The van der Waals surface area contributed by atoms with Crippen LogP contribution < -0.4 is 10.1 Å². The highest BCUT2D eigenvalue weighted by Crippen LogP contribution is 2.22. The third-order valence-corrected chi connectivity index (χ3v) is 3.06. The molecule has 0 fully saturated rings. The lowest BCUT2D eigenvalue weighted by Gasteiger charge is -2.15. The molecule has 5 nitrogen and oxygen atoms in total. The van der Waals surface area contributed by atoms with Gasteiger partial charge in [0.2, 0.25) is 0 Å². The zero-order valence-electron chi connectivity index (χ0n) is 12.2. The van der Waals surface area contributed by atoms with Crippen molar-refractivity contribution in [2.75, 3.05) is 0 Å². The second-order valence-electron chi connectivity index (χ2n) is 4.81. The van der Waals surface area contributed by atoms with Crippen molar-refractivity contribution in [2.45, 2.75) is 26.8 Å². The van der Waals surface area contributed by atoms with E-state index in [9.17, 15) is 9.59 Å². The fourth-order valence-corrected chi connectivity index (χ4v) is 1.88. The number of amides is 1. The maximum atomic E-state index is 12.1. The van der Waals surface area contributed by atoms with Crippen molar-refractivity contribution in [3.05, 3.63) is 53.5 Å². The van der Waals surface area contributed by atoms with Gasteiger partial charge in [-0.25, -0.2) is 4.79 Å². The predicted octanol–water partition coefficient (Wildman–Crippen LogP) is 2.62. The molecule has 1 N–H and O–H groups in total. The first-order chi connectivity index (χ1) is 9.99. The molecule has 1 amide bonds. The van der Waals surface area contributed by atoms with Crippen molar-refractivity contribution in [1.29, 1.82) is 0 Å². The van der Waals surface area contributed by atoms with Gasteiger partial charge in [0.25, 0.3) is 5.91 Å². The molecule has 0 bridgehead atoms. The van der Waals surface area contributed by atoms with Gasteiger partial charge in [-0.05, 0) is 44.0 Å². The molecule has 1 atom stereocenters. The summed E-state index contributed by atoms with van der Waals surface area (Å²) in [7, 11) is 0. The van der Waals surface area contributed by atoms with Crippen LogP contribution >= 0.6 is 0 Å². The SMILES string of the molecule is Cc1cccc(C)c1OC(=O)[C@H](C)NC(=O)c1ccco1. The number of aryl methyl sites for hydroxylation is 2. The lowest BCUT2D eigenvalue weighted by atomic mass is 10.1. The minimum absolute atomic E-state index is 0.154. The first kappa shape index (κ1) is 14.8. The molecule has 0 aliphatic heterocycles. The van der Waals surface area contributed by atoms with E-state index >= 15 is 0 Å². The van der Waals surface area contributed by atoms with Gasteiger partial charge in [-0.1, -0.05) is 18.2 Å². The van der Waals surface area contributed by atoms with Crippen molar-refractivity contribution in [1.82, 2.24) is 5.32 Å². The number of rotatable bonds is 4. The van der Waals surface area contributed by atoms with E-state index in [1.807, 2.05) is 32.0 Å². The molecule has 0 aliphatic rings. The minimum Gasteiger partial charge on any atom is -0.459 e. The third-order valence-electron chi connectivity index (χ3n) is 3.06. The molecule has 2 rings (SSSR count). The summed E-state index contributed by atoms with van der Waals surface area (Å²) in [5, 5.41) is 2.53. The first-order valence-corrected chi connectivity index (χ1v) is 6.61. The van der Waals surface area contributed by atoms with Crippen molar-refractivity contribution < 1.29 is 18.7 Å². The smallest absolute Gasteiger partial charge is 0.333 e. The molecule has 0 radical (unpaired) electrons. The van der Waals surface area contributed by atoms with Crippen LogP contribution in [0.1, 0.15) is 28.6 Å². The molecule has 1 aromatic carbocycles. The Morgan fingerprint density at radius 1 is 1.14 bits per heavy atom. The van der Waals surface area contributed by atoms with E-state index in [1.165, 1.54) is 12.3 Å². The Bertz CT molecular complexity index is 626. The Morgan fingerprint density at radius 2 is 1.81 bits per heavy atom. The summed E-state index contributed by atoms with van der Waals surface area (Å²) < 4.78 is 10.3. The molecule has 21 heavy (non-hydrogen) atoms. The van der Waals surface area contributed by atoms with Gasteiger partial charge in [0.1, 0.15) is 11.8 Å². The average Bonchev–Trinajstić information content (AvgIpc) is 2.97. The normalized spacial score (nSPS) is 11.8. The van der Waals surface area contributed by atoms with Crippen LogP contribution in [0, 0.1) is 13.8 Å². The van der Waals surface area contributed by atoms with Crippen molar-refractivity contribution in [3.63, 3.8) is 0 Å². The van der Waals surface area contributed by atoms with Gasteiger partial charge < -0.3 is 14.5 Å². The van der Waals surface area contributed by atoms with E-state index in [0.717, 1.165) is 11.1 Å². The number of hydrogen-bond donors (Lipinski definition) is 1. The highest BCUT2D eigenvalue weighted by molar-refractivity contribution is 5.94. The number of ether oxygens (including phenoxy) is 1. The number of hydrogen-bond acceptors (Lipinski definition) is 4. The van der Waals surface area contributed by atoms with Gasteiger partial charge in [-0.3, -0.25) is 4.79 Å². The summed E-state index contributed by atoms with van der Waals surface area (Å²) in [6, 6.07) is 7.97. The van der Waals surface area contributed by atoms with Crippen LogP contribution in [-0.4, -0.2) is 17.9 Å². The van der Waals surface area contributed by atoms with Crippen LogP contribution in [0.25, 0.3) is 0 Å². The average molecular weight is 287 g/mol. The minimum atomic E-state index is -0.776. The van der Waals surface area contributed by atoms with Crippen LogP contribution in [0.15, 0.2) is 41.0 Å². The van der Waals surface area contributed by atoms with E-state index in [4.69, 9.17) is 9.15 Å². The fourth-order valence-electron chi connectivity index (χ4n) is 1.88. The Kier molecular flexibility index (Phi) is 4.42. The maximum Gasteiger partial charge on any atom is 0.333 e. The number of furan rings is 1.